The van der Waals surface area contributed by atoms with E-state index in [-0.39, 0.29) is 0 Å². The van der Waals surface area contributed by atoms with Crippen LogP contribution in [0.15, 0.2) is 34.9 Å². The first-order valence-electron chi connectivity index (χ1n) is 6.24. The second-order valence-corrected chi connectivity index (χ2v) is 6.08. The highest BCUT2D eigenvalue weighted by Gasteiger charge is 2.18. The first-order valence-corrected chi connectivity index (χ1v) is 8.42. The fraction of sp³-hybridized carbons (Fsp3) is 0.286. The Bertz CT molecular complexity index is 505. The number of hydrogen-bond donors (Lipinski definition) is 3. The minimum Gasteiger partial charge on any atom is -0.480 e. The molecule has 0 saturated carbocycles. The van der Waals surface area contributed by atoms with Gasteiger partial charge in [-0.2, -0.15) is 11.8 Å². The molecule has 0 aliphatic rings. The van der Waals surface area contributed by atoms with Crippen molar-refractivity contribution in [3.8, 4) is 0 Å². The maximum Gasteiger partial charge on any atom is 0.326 e. The summed E-state index contributed by atoms with van der Waals surface area (Å²) in [5.74, 6) is -0.359. The molecule has 0 aliphatic carbocycles. The van der Waals surface area contributed by atoms with Gasteiger partial charge in [0.1, 0.15) is 6.04 Å². The van der Waals surface area contributed by atoms with Gasteiger partial charge in [-0.15, -0.1) is 0 Å². The molecule has 1 aromatic carbocycles. The number of carboxylic acid groups (broad SMARTS) is 1. The number of carboxylic acids is 1. The van der Waals surface area contributed by atoms with E-state index in [0.29, 0.717) is 12.2 Å². The molecule has 114 valence electrons. The molecule has 1 rings (SSSR count). The van der Waals surface area contributed by atoms with Gasteiger partial charge in [-0.25, -0.2) is 9.59 Å². The fourth-order valence-electron chi connectivity index (χ4n) is 1.48. The van der Waals surface area contributed by atoms with Crippen molar-refractivity contribution in [3.05, 3.63) is 40.5 Å². The normalized spacial score (nSPS) is 12.1. The van der Waals surface area contributed by atoms with Crippen LogP contribution in [0.4, 0.5) is 4.79 Å². The third-order valence-corrected chi connectivity index (χ3v) is 3.75. The van der Waals surface area contributed by atoms with Crippen molar-refractivity contribution in [1.82, 2.24) is 10.6 Å². The van der Waals surface area contributed by atoms with Crippen LogP contribution in [0.25, 0.3) is 6.08 Å². The molecule has 0 aliphatic heterocycles. The summed E-state index contributed by atoms with van der Waals surface area (Å²) in [6.45, 7) is 0. The van der Waals surface area contributed by atoms with Gasteiger partial charge in [0.15, 0.2) is 0 Å². The number of aliphatic carboxylic acids is 1. The standard InChI is InChI=1S/C14H17BrN2O3S/c1-21-9-7-12(13(18)19)17-14(20)16-8-6-10-2-4-11(15)5-3-10/h2-6,8,12H,7,9H2,1H3,(H,18,19)(H2,16,17,20)/b8-6+. The van der Waals surface area contributed by atoms with Gasteiger partial charge in [0.05, 0.1) is 0 Å². The van der Waals surface area contributed by atoms with E-state index in [4.69, 9.17) is 5.11 Å². The summed E-state index contributed by atoms with van der Waals surface area (Å²) >= 11 is 4.87. The summed E-state index contributed by atoms with van der Waals surface area (Å²) in [6.07, 6.45) is 5.48. The van der Waals surface area contributed by atoms with Crippen LogP contribution in [-0.4, -0.2) is 35.2 Å². The molecule has 1 aromatic rings. The summed E-state index contributed by atoms with van der Waals surface area (Å²) < 4.78 is 0.975. The minimum absolute atomic E-state index is 0.389. The van der Waals surface area contributed by atoms with Crippen LogP contribution >= 0.6 is 27.7 Å². The highest BCUT2D eigenvalue weighted by atomic mass is 79.9. The molecule has 3 N–H and O–H groups in total. The van der Waals surface area contributed by atoms with E-state index in [1.165, 1.54) is 18.0 Å². The smallest absolute Gasteiger partial charge is 0.326 e. The number of rotatable bonds is 7. The van der Waals surface area contributed by atoms with Crippen molar-refractivity contribution in [2.75, 3.05) is 12.0 Å². The van der Waals surface area contributed by atoms with Crippen LogP contribution in [-0.2, 0) is 4.79 Å². The van der Waals surface area contributed by atoms with Crippen LogP contribution in [0, 0.1) is 0 Å². The molecule has 7 heteroatoms. The van der Waals surface area contributed by atoms with Gasteiger partial charge in [-0.05, 0) is 42.2 Å². The first-order chi connectivity index (χ1) is 10.0. The van der Waals surface area contributed by atoms with Gasteiger partial charge in [-0.3, -0.25) is 0 Å². The van der Waals surface area contributed by atoms with Crippen molar-refractivity contribution in [3.63, 3.8) is 0 Å². The lowest BCUT2D eigenvalue weighted by Crippen LogP contribution is -2.44. The predicted octanol–water partition coefficient (Wildman–Crippen LogP) is 2.93. The monoisotopic (exact) mass is 372 g/mol. The van der Waals surface area contributed by atoms with E-state index in [1.807, 2.05) is 30.5 Å². The van der Waals surface area contributed by atoms with Crippen LogP contribution in [0.2, 0.25) is 0 Å². The summed E-state index contributed by atoms with van der Waals surface area (Å²) in [6, 6.07) is 6.15. The Labute approximate surface area is 136 Å². The van der Waals surface area contributed by atoms with Gasteiger partial charge in [0.2, 0.25) is 0 Å². The van der Waals surface area contributed by atoms with Crippen LogP contribution < -0.4 is 10.6 Å². The molecular formula is C14H17BrN2O3S. The number of carbonyl (C=O) groups is 2. The second-order valence-electron chi connectivity index (χ2n) is 4.17. The highest BCUT2D eigenvalue weighted by Crippen LogP contribution is 2.11. The van der Waals surface area contributed by atoms with E-state index in [9.17, 15) is 9.59 Å². The molecule has 0 radical (unpaired) electrons. The number of amides is 2. The van der Waals surface area contributed by atoms with E-state index < -0.39 is 18.0 Å². The van der Waals surface area contributed by atoms with Gasteiger partial charge >= 0.3 is 12.0 Å². The fourth-order valence-corrected chi connectivity index (χ4v) is 2.22. The second kappa shape index (κ2) is 9.46. The quantitative estimate of drug-likeness (QED) is 0.687. The highest BCUT2D eigenvalue weighted by molar-refractivity contribution is 9.10. The Hall–Kier alpha value is -1.47. The molecule has 0 aromatic heterocycles. The van der Waals surface area contributed by atoms with Gasteiger partial charge in [0.25, 0.3) is 0 Å². The number of hydrogen-bond acceptors (Lipinski definition) is 3. The molecule has 0 bridgehead atoms. The third kappa shape index (κ3) is 7.19. The average molecular weight is 373 g/mol. The van der Waals surface area contributed by atoms with Crippen molar-refractivity contribution < 1.29 is 14.7 Å². The average Bonchev–Trinajstić information content (AvgIpc) is 2.45. The Morgan fingerprint density at radius 3 is 2.62 bits per heavy atom. The number of urea groups is 1. The van der Waals surface area contributed by atoms with Crippen molar-refractivity contribution in [2.45, 2.75) is 12.5 Å². The van der Waals surface area contributed by atoms with Gasteiger partial charge in [-0.1, -0.05) is 28.1 Å². The lowest BCUT2D eigenvalue weighted by atomic mass is 10.2. The number of nitrogens with one attached hydrogen (secondary N) is 2. The number of halogens is 1. The van der Waals surface area contributed by atoms with Crippen LogP contribution in [0.3, 0.4) is 0 Å². The SMILES string of the molecule is CSCCC(NC(=O)N/C=C/c1ccc(Br)cc1)C(=O)O. The first kappa shape index (κ1) is 17.6. The Morgan fingerprint density at radius 1 is 1.38 bits per heavy atom. The molecule has 2 amide bonds. The topological polar surface area (TPSA) is 78.4 Å². The molecule has 0 spiro atoms. The third-order valence-electron chi connectivity index (χ3n) is 2.57. The number of benzene rings is 1. The summed E-state index contributed by atoms with van der Waals surface area (Å²) in [7, 11) is 0. The van der Waals surface area contributed by atoms with Crippen molar-refractivity contribution in [1.29, 1.82) is 0 Å². The summed E-state index contributed by atoms with van der Waals surface area (Å²) in [5, 5.41) is 13.9. The maximum absolute atomic E-state index is 11.6. The zero-order valence-electron chi connectivity index (χ0n) is 11.5. The maximum atomic E-state index is 11.6. The molecular weight excluding hydrogens is 356 g/mol. The van der Waals surface area contributed by atoms with E-state index in [2.05, 4.69) is 26.6 Å². The predicted molar refractivity (Wildman–Crippen MR) is 89.3 cm³/mol. The molecule has 0 saturated heterocycles. The lowest BCUT2D eigenvalue weighted by Gasteiger charge is -2.13. The zero-order chi connectivity index (χ0) is 15.7. The Morgan fingerprint density at radius 2 is 2.05 bits per heavy atom. The van der Waals surface area contributed by atoms with Crippen LogP contribution in [0.1, 0.15) is 12.0 Å². The Kier molecular flexibility index (Phi) is 7.92. The molecule has 21 heavy (non-hydrogen) atoms. The zero-order valence-corrected chi connectivity index (χ0v) is 13.9. The molecule has 0 fully saturated rings. The largest absolute Gasteiger partial charge is 0.480 e. The van der Waals surface area contributed by atoms with Gasteiger partial charge in [0, 0.05) is 10.7 Å². The number of thioether (sulfide) groups is 1. The van der Waals surface area contributed by atoms with Crippen molar-refractivity contribution in [2.24, 2.45) is 0 Å². The van der Waals surface area contributed by atoms with E-state index in [1.54, 1.807) is 6.08 Å². The van der Waals surface area contributed by atoms with E-state index >= 15 is 0 Å². The van der Waals surface area contributed by atoms with Gasteiger partial charge < -0.3 is 15.7 Å². The lowest BCUT2D eigenvalue weighted by molar-refractivity contribution is -0.139. The molecule has 0 heterocycles. The molecule has 1 unspecified atom stereocenters. The summed E-state index contributed by atoms with van der Waals surface area (Å²) in [4.78, 5) is 22.6. The molecule has 1 atom stereocenters. The molecule has 5 nitrogen and oxygen atoms in total. The van der Waals surface area contributed by atoms with Crippen LogP contribution in [0.5, 0.6) is 0 Å². The van der Waals surface area contributed by atoms with E-state index in [0.717, 1.165) is 10.0 Å². The summed E-state index contributed by atoms with van der Waals surface area (Å²) in [5.41, 5.74) is 0.927. The number of carbonyl (C=O) groups excluding carboxylic acids is 1. The Balaban J connectivity index is 2.45. The minimum atomic E-state index is -1.03. The van der Waals surface area contributed by atoms with Crippen molar-refractivity contribution >= 4 is 45.8 Å².